The van der Waals surface area contributed by atoms with Crippen LogP contribution in [-0.4, -0.2) is 73.8 Å². The molecule has 0 aliphatic carbocycles. The molecule has 3 aromatic rings. The van der Waals surface area contributed by atoms with E-state index in [1.807, 2.05) is 31.2 Å². The second-order valence-electron chi connectivity index (χ2n) is 11.8. The van der Waals surface area contributed by atoms with E-state index in [0.717, 1.165) is 27.8 Å². The SMILES string of the molecule is CCOc1ccc(NC(=O)COc2ccc(C(=O)OCC(=O)NCCN3C(=O)S/C(=C\c4ccc(C(C)(C)C)cc4)C3=O)cc2OC)cc1. The summed E-state index contributed by atoms with van der Waals surface area (Å²) in [6.45, 7) is 7.79. The lowest BCUT2D eigenvalue weighted by Gasteiger charge is -2.18. The van der Waals surface area contributed by atoms with Crippen LogP contribution in [0.5, 0.6) is 17.2 Å². The van der Waals surface area contributed by atoms with Crippen LogP contribution in [0.15, 0.2) is 71.6 Å². The largest absolute Gasteiger partial charge is 0.494 e. The Balaban J connectivity index is 1.20. The Morgan fingerprint density at radius 3 is 2.24 bits per heavy atom. The standard InChI is InChI=1S/C36H39N3O9S/c1-6-46-27-14-12-26(13-15-27)38-32(41)22-47-28-16-9-24(20-29(28)45-5)34(43)48-21-31(40)37-17-18-39-33(42)30(49-35(39)44)19-23-7-10-25(11-8-23)36(2,3)4/h7-16,19-20H,6,17-18,21-22H2,1-5H3,(H,37,40)(H,38,41)/b30-19-. The van der Waals surface area contributed by atoms with Gasteiger partial charge in [0.15, 0.2) is 24.7 Å². The Labute approximate surface area is 289 Å². The molecule has 49 heavy (non-hydrogen) atoms. The van der Waals surface area contributed by atoms with Crippen molar-refractivity contribution in [1.29, 1.82) is 0 Å². The van der Waals surface area contributed by atoms with E-state index in [2.05, 4.69) is 31.4 Å². The third-order valence-corrected chi connectivity index (χ3v) is 8.05. The highest BCUT2D eigenvalue weighted by Crippen LogP contribution is 2.32. The molecule has 3 aromatic carbocycles. The van der Waals surface area contributed by atoms with Crippen LogP contribution in [0.25, 0.3) is 6.08 Å². The van der Waals surface area contributed by atoms with Gasteiger partial charge in [-0.05, 0) is 83.8 Å². The summed E-state index contributed by atoms with van der Waals surface area (Å²) in [5.74, 6) is -1.16. The molecule has 0 unspecified atom stereocenters. The molecule has 0 saturated carbocycles. The molecular weight excluding hydrogens is 650 g/mol. The first-order chi connectivity index (χ1) is 23.4. The molecule has 12 nitrogen and oxygen atoms in total. The summed E-state index contributed by atoms with van der Waals surface area (Å²) < 4.78 is 21.4. The Hall–Kier alpha value is -5.30. The number of esters is 1. The van der Waals surface area contributed by atoms with Gasteiger partial charge in [0.05, 0.1) is 24.2 Å². The molecular formula is C36H39N3O9S. The average Bonchev–Trinajstić information content (AvgIpc) is 3.34. The average molecular weight is 690 g/mol. The van der Waals surface area contributed by atoms with E-state index in [4.69, 9.17) is 18.9 Å². The molecule has 13 heteroatoms. The number of amides is 4. The Kier molecular flexibility index (Phi) is 12.4. The number of anilines is 1. The number of imide groups is 1. The van der Waals surface area contributed by atoms with Crippen molar-refractivity contribution in [3.05, 3.63) is 88.3 Å². The van der Waals surface area contributed by atoms with Crippen molar-refractivity contribution in [1.82, 2.24) is 10.2 Å². The maximum Gasteiger partial charge on any atom is 0.338 e. The summed E-state index contributed by atoms with van der Waals surface area (Å²) in [7, 11) is 1.38. The number of ether oxygens (including phenoxy) is 4. The van der Waals surface area contributed by atoms with Crippen LogP contribution in [0, 0.1) is 0 Å². The van der Waals surface area contributed by atoms with Crippen molar-refractivity contribution in [2.45, 2.75) is 33.1 Å². The fourth-order valence-corrected chi connectivity index (χ4v) is 5.42. The monoisotopic (exact) mass is 689 g/mol. The minimum absolute atomic E-state index is 0.00489. The van der Waals surface area contributed by atoms with Crippen LogP contribution in [0.3, 0.4) is 0 Å². The maximum atomic E-state index is 12.8. The van der Waals surface area contributed by atoms with Crippen LogP contribution in [-0.2, 0) is 24.5 Å². The molecule has 0 radical (unpaired) electrons. The highest BCUT2D eigenvalue weighted by atomic mass is 32.2. The van der Waals surface area contributed by atoms with Crippen LogP contribution < -0.4 is 24.8 Å². The first-order valence-electron chi connectivity index (χ1n) is 15.5. The van der Waals surface area contributed by atoms with Crippen LogP contribution >= 0.6 is 11.8 Å². The molecule has 0 atom stereocenters. The number of rotatable bonds is 14. The van der Waals surface area contributed by atoms with Crippen molar-refractivity contribution in [2.75, 3.05) is 45.3 Å². The number of carbonyl (C=O) groups is 5. The van der Waals surface area contributed by atoms with E-state index in [-0.39, 0.29) is 42.2 Å². The van der Waals surface area contributed by atoms with Gasteiger partial charge in [-0.25, -0.2) is 4.79 Å². The predicted molar refractivity (Wildman–Crippen MR) is 186 cm³/mol. The van der Waals surface area contributed by atoms with E-state index in [9.17, 15) is 24.0 Å². The molecule has 1 saturated heterocycles. The van der Waals surface area contributed by atoms with Gasteiger partial charge in [0, 0.05) is 18.8 Å². The minimum Gasteiger partial charge on any atom is -0.494 e. The molecule has 4 rings (SSSR count). The van der Waals surface area contributed by atoms with Crippen LogP contribution in [0.4, 0.5) is 10.5 Å². The smallest absolute Gasteiger partial charge is 0.338 e. The molecule has 258 valence electrons. The van der Waals surface area contributed by atoms with Crippen molar-refractivity contribution in [2.24, 2.45) is 0 Å². The summed E-state index contributed by atoms with van der Waals surface area (Å²) in [6, 6.07) is 18.9. The number of methoxy groups -OCH3 is 1. The quantitative estimate of drug-likeness (QED) is 0.166. The van der Waals surface area contributed by atoms with Gasteiger partial charge >= 0.3 is 5.97 Å². The molecule has 2 N–H and O–H groups in total. The number of nitrogens with one attached hydrogen (secondary N) is 2. The Bertz CT molecular complexity index is 1710. The van der Waals surface area contributed by atoms with Crippen molar-refractivity contribution in [3.63, 3.8) is 0 Å². The number of benzene rings is 3. The number of nitrogens with zero attached hydrogens (tertiary/aromatic N) is 1. The number of hydrogen-bond acceptors (Lipinski definition) is 10. The predicted octanol–water partition coefficient (Wildman–Crippen LogP) is 5.42. The van der Waals surface area contributed by atoms with Crippen molar-refractivity contribution in [3.8, 4) is 17.2 Å². The lowest BCUT2D eigenvalue weighted by molar-refractivity contribution is -0.125. The molecule has 1 heterocycles. The number of thioether (sulfide) groups is 1. The van der Waals surface area contributed by atoms with Gasteiger partial charge in [-0.2, -0.15) is 0 Å². The molecule has 4 amide bonds. The molecule has 1 aliphatic heterocycles. The fraction of sp³-hybridized carbons (Fsp3) is 0.306. The lowest BCUT2D eigenvalue weighted by Crippen LogP contribution is -2.38. The number of hydrogen-bond donors (Lipinski definition) is 2. The van der Waals surface area contributed by atoms with E-state index < -0.39 is 35.5 Å². The second kappa shape index (κ2) is 16.7. The van der Waals surface area contributed by atoms with Crippen molar-refractivity contribution < 1.29 is 42.9 Å². The first-order valence-corrected chi connectivity index (χ1v) is 16.3. The maximum absolute atomic E-state index is 12.8. The number of carbonyl (C=O) groups excluding carboxylic acids is 5. The van der Waals surface area contributed by atoms with Gasteiger partial charge in [-0.1, -0.05) is 45.0 Å². The van der Waals surface area contributed by atoms with Crippen molar-refractivity contribution >= 4 is 52.5 Å². The van der Waals surface area contributed by atoms with E-state index in [0.29, 0.717) is 22.9 Å². The molecule has 1 aliphatic rings. The second-order valence-corrected chi connectivity index (χ2v) is 12.8. The first kappa shape index (κ1) is 36.5. The zero-order valence-corrected chi connectivity index (χ0v) is 28.8. The Morgan fingerprint density at radius 2 is 1.59 bits per heavy atom. The lowest BCUT2D eigenvalue weighted by atomic mass is 9.87. The van der Waals surface area contributed by atoms with E-state index in [1.54, 1.807) is 30.3 Å². The third kappa shape index (κ3) is 10.3. The summed E-state index contributed by atoms with van der Waals surface area (Å²) in [6.07, 6.45) is 1.67. The highest BCUT2D eigenvalue weighted by Gasteiger charge is 2.34. The summed E-state index contributed by atoms with van der Waals surface area (Å²) in [5.41, 5.74) is 2.62. The molecule has 1 fully saturated rings. The van der Waals surface area contributed by atoms with Gasteiger partial charge in [0.2, 0.25) is 0 Å². The van der Waals surface area contributed by atoms with Crippen LogP contribution in [0.1, 0.15) is 49.2 Å². The normalized spacial score (nSPS) is 13.7. The zero-order chi connectivity index (χ0) is 35.6. The minimum atomic E-state index is -0.792. The van der Waals surface area contributed by atoms with Gasteiger partial charge in [0.25, 0.3) is 23.0 Å². The van der Waals surface area contributed by atoms with E-state index in [1.165, 1.54) is 25.3 Å². The van der Waals surface area contributed by atoms with Gasteiger partial charge in [-0.15, -0.1) is 0 Å². The van der Waals surface area contributed by atoms with Crippen LogP contribution in [0.2, 0.25) is 0 Å². The molecule has 0 aromatic heterocycles. The zero-order valence-electron chi connectivity index (χ0n) is 28.0. The molecule has 0 bridgehead atoms. The van der Waals surface area contributed by atoms with Gasteiger partial charge < -0.3 is 29.6 Å². The summed E-state index contributed by atoms with van der Waals surface area (Å²) in [5, 5.41) is 4.83. The van der Waals surface area contributed by atoms with Gasteiger partial charge in [0.1, 0.15) is 5.75 Å². The van der Waals surface area contributed by atoms with Gasteiger partial charge in [-0.3, -0.25) is 24.1 Å². The summed E-state index contributed by atoms with van der Waals surface area (Å²) in [4.78, 5) is 64.0. The van der Waals surface area contributed by atoms with E-state index >= 15 is 0 Å². The third-order valence-electron chi connectivity index (χ3n) is 7.15. The fourth-order valence-electron chi connectivity index (χ4n) is 4.55. The highest BCUT2D eigenvalue weighted by molar-refractivity contribution is 8.18. The topological polar surface area (TPSA) is 150 Å². The Morgan fingerprint density at radius 1 is 0.878 bits per heavy atom. The summed E-state index contributed by atoms with van der Waals surface area (Å²) >= 11 is 0.841. The molecule has 0 spiro atoms.